The number of hydrogen-bond acceptors (Lipinski definition) is 5. The van der Waals surface area contributed by atoms with Crippen LogP contribution in [0.25, 0.3) is 10.9 Å². The maximum Gasteiger partial charge on any atom is 0.257 e. The fourth-order valence-corrected chi connectivity index (χ4v) is 3.38. The van der Waals surface area contributed by atoms with Crippen LogP contribution in [0.3, 0.4) is 0 Å². The SMILES string of the molecule is COCCOCCn1cc(C(=O)NCc2ccc(Cl)cc2)c(=O)c2cc(C#CCO)ccc21. The zero-order valence-corrected chi connectivity index (χ0v) is 19.0. The molecular formula is C25H25ClN2O5. The number of hydrogen-bond donors (Lipinski definition) is 2. The lowest BCUT2D eigenvalue weighted by Gasteiger charge is -2.14. The lowest BCUT2D eigenvalue weighted by molar-refractivity contribution is 0.0669. The summed E-state index contributed by atoms with van der Waals surface area (Å²) in [5.74, 6) is 4.90. The van der Waals surface area contributed by atoms with Crippen molar-refractivity contribution < 1.29 is 19.4 Å². The molecule has 1 heterocycles. The van der Waals surface area contributed by atoms with Crippen LogP contribution >= 0.6 is 11.6 Å². The van der Waals surface area contributed by atoms with Crippen molar-refractivity contribution in [2.75, 3.05) is 33.5 Å². The van der Waals surface area contributed by atoms with E-state index in [1.807, 2.05) is 16.7 Å². The van der Waals surface area contributed by atoms with Gasteiger partial charge in [-0.05, 0) is 35.9 Å². The van der Waals surface area contributed by atoms with Gasteiger partial charge in [-0.1, -0.05) is 35.6 Å². The number of nitrogens with zero attached hydrogens (tertiary/aromatic N) is 1. The van der Waals surface area contributed by atoms with Gasteiger partial charge in [0.1, 0.15) is 12.2 Å². The fourth-order valence-electron chi connectivity index (χ4n) is 3.25. The maximum absolute atomic E-state index is 13.2. The number of benzene rings is 2. The number of nitrogens with one attached hydrogen (secondary N) is 1. The minimum atomic E-state index is -0.474. The van der Waals surface area contributed by atoms with Crippen molar-refractivity contribution in [1.82, 2.24) is 9.88 Å². The van der Waals surface area contributed by atoms with Crippen molar-refractivity contribution in [3.63, 3.8) is 0 Å². The van der Waals surface area contributed by atoms with Crippen molar-refractivity contribution in [2.24, 2.45) is 0 Å². The smallest absolute Gasteiger partial charge is 0.257 e. The van der Waals surface area contributed by atoms with E-state index in [9.17, 15) is 9.59 Å². The number of aliphatic hydroxyl groups excluding tert-OH is 1. The molecule has 33 heavy (non-hydrogen) atoms. The summed E-state index contributed by atoms with van der Waals surface area (Å²) >= 11 is 5.91. The molecule has 0 spiro atoms. The Morgan fingerprint density at radius 3 is 2.67 bits per heavy atom. The first-order chi connectivity index (χ1) is 16.0. The van der Waals surface area contributed by atoms with Crippen LogP contribution in [-0.2, 0) is 22.6 Å². The lowest BCUT2D eigenvalue weighted by atomic mass is 10.1. The average molecular weight is 469 g/mol. The molecule has 0 saturated heterocycles. The minimum absolute atomic E-state index is 0.0284. The van der Waals surface area contributed by atoms with Crippen molar-refractivity contribution in [1.29, 1.82) is 0 Å². The van der Waals surface area contributed by atoms with Crippen molar-refractivity contribution in [3.05, 3.63) is 80.6 Å². The van der Waals surface area contributed by atoms with Crippen LogP contribution in [0.15, 0.2) is 53.5 Å². The normalized spacial score (nSPS) is 10.6. The third kappa shape index (κ3) is 6.67. The third-order valence-electron chi connectivity index (χ3n) is 4.91. The van der Waals surface area contributed by atoms with E-state index in [0.29, 0.717) is 47.9 Å². The van der Waals surface area contributed by atoms with Gasteiger partial charge in [0.2, 0.25) is 5.43 Å². The van der Waals surface area contributed by atoms with Crippen LogP contribution < -0.4 is 10.7 Å². The van der Waals surface area contributed by atoms with Gasteiger partial charge >= 0.3 is 0 Å². The highest BCUT2D eigenvalue weighted by atomic mass is 35.5. The molecule has 172 valence electrons. The number of halogens is 1. The molecule has 2 N–H and O–H groups in total. The number of amides is 1. The summed E-state index contributed by atoms with van der Waals surface area (Å²) in [6, 6.07) is 12.3. The van der Waals surface area contributed by atoms with Gasteiger partial charge in [0, 0.05) is 42.4 Å². The van der Waals surface area contributed by atoms with Gasteiger partial charge in [-0.25, -0.2) is 0 Å². The van der Waals surface area contributed by atoms with Crippen LogP contribution in [0.5, 0.6) is 0 Å². The Labute approximate surface area is 196 Å². The molecule has 0 atom stereocenters. The Kier molecular flexibility index (Phi) is 9.04. The first kappa shape index (κ1) is 24.5. The number of aromatic nitrogens is 1. The van der Waals surface area contributed by atoms with Crippen molar-refractivity contribution in [2.45, 2.75) is 13.1 Å². The second-order valence-electron chi connectivity index (χ2n) is 7.17. The Hall–Kier alpha value is -3.15. The van der Waals surface area contributed by atoms with Gasteiger partial charge in [-0.2, -0.15) is 0 Å². The van der Waals surface area contributed by atoms with Crippen molar-refractivity contribution >= 4 is 28.4 Å². The standard InChI is InChI=1S/C25H25ClN2O5/c1-32-13-14-33-12-10-28-17-22(25(31)27-16-19-4-7-20(26)8-5-19)24(30)21-15-18(3-2-11-29)6-9-23(21)28/h4-9,15,17,29H,10-14,16H2,1H3,(H,27,31). The molecule has 0 saturated carbocycles. The molecule has 7 nitrogen and oxygen atoms in total. The van der Waals surface area contributed by atoms with E-state index in [1.165, 1.54) is 0 Å². The van der Waals surface area contributed by atoms with E-state index in [1.54, 1.807) is 43.6 Å². The van der Waals surface area contributed by atoms with E-state index in [2.05, 4.69) is 17.2 Å². The topological polar surface area (TPSA) is 89.8 Å². The summed E-state index contributed by atoms with van der Waals surface area (Å²) in [7, 11) is 1.60. The first-order valence-corrected chi connectivity index (χ1v) is 10.8. The molecular weight excluding hydrogens is 444 g/mol. The summed E-state index contributed by atoms with van der Waals surface area (Å²) in [5.41, 5.74) is 1.75. The molecule has 8 heteroatoms. The molecule has 0 fully saturated rings. The molecule has 0 unspecified atom stereocenters. The van der Waals surface area contributed by atoms with Gasteiger partial charge in [0.05, 0.1) is 25.3 Å². The number of ether oxygens (including phenoxy) is 2. The summed E-state index contributed by atoms with van der Waals surface area (Å²) in [6.45, 7) is 1.74. The summed E-state index contributed by atoms with van der Waals surface area (Å²) in [5, 5.41) is 12.7. The Morgan fingerprint density at radius 1 is 1.15 bits per heavy atom. The van der Waals surface area contributed by atoms with E-state index in [4.69, 9.17) is 26.2 Å². The Morgan fingerprint density at radius 2 is 1.94 bits per heavy atom. The molecule has 0 aliphatic rings. The Balaban J connectivity index is 1.92. The number of fused-ring (bicyclic) bond motifs is 1. The highest BCUT2D eigenvalue weighted by Crippen LogP contribution is 2.15. The Bertz CT molecular complexity index is 1230. The van der Waals surface area contributed by atoms with Crippen LogP contribution in [0.4, 0.5) is 0 Å². The van der Waals surface area contributed by atoms with E-state index in [-0.39, 0.29) is 24.1 Å². The van der Waals surface area contributed by atoms with Gasteiger partial charge in [-0.3, -0.25) is 9.59 Å². The summed E-state index contributed by atoms with van der Waals surface area (Å²) in [4.78, 5) is 26.1. The molecule has 2 aromatic carbocycles. The zero-order chi connectivity index (χ0) is 23.6. The second-order valence-corrected chi connectivity index (χ2v) is 7.61. The molecule has 3 aromatic rings. The van der Waals surface area contributed by atoms with Crippen molar-refractivity contribution in [3.8, 4) is 11.8 Å². The molecule has 0 radical (unpaired) electrons. The zero-order valence-electron chi connectivity index (χ0n) is 18.3. The molecule has 0 aliphatic heterocycles. The predicted molar refractivity (Wildman–Crippen MR) is 127 cm³/mol. The summed E-state index contributed by atoms with van der Waals surface area (Å²) < 4.78 is 12.4. The van der Waals surface area contributed by atoms with E-state index in [0.717, 1.165) is 5.56 Å². The largest absolute Gasteiger partial charge is 0.384 e. The molecule has 3 rings (SSSR count). The van der Waals surface area contributed by atoms with Gasteiger partial charge in [0.25, 0.3) is 5.91 Å². The average Bonchev–Trinajstić information content (AvgIpc) is 2.83. The lowest BCUT2D eigenvalue weighted by Crippen LogP contribution is -2.30. The summed E-state index contributed by atoms with van der Waals surface area (Å²) in [6.07, 6.45) is 1.56. The monoisotopic (exact) mass is 468 g/mol. The molecule has 0 aliphatic carbocycles. The number of methoxy groups -OCH3 is 1. The molecule has 0 bridgehead atoms. The quantitative estimate of drug-likeness (QED) is 0.372. The number of pyridine rings is 1. The number of aliphatic hydroxyl groups is 1. The second kappa shape index (κ2) is 12.2. The third-order valence-corrected chi connectivity index (χ3v) is 5.16. The first-order valence-electron chi connectivity index (χ1n) is 10.4. The number of carbonyl (C=O) groups excluding carboxylic acids is 1. The highest BCUT2D eigenvalue weighted by Gasteiger charge is 2.16. The van der Waals surface area contributed by atoms with Crippen LogP contribution in [0, 0.1) is 11.8 Å². The van der Waals surface area contributed by atoms with Gasteiger partial charge in [-0.15, -0.1) is 0 Å². The predicted octanol–water partition coefficient (Wildman–Crippen LogP) is 2.59. The highest BCUT2D eigenvalue weighted by molar-refractivity contribution is 6.30. The maximum atomic E-state index is 13.2. The number of rotatable bonds is 9. The van der Waals surface area contributed by atoms with Crippen LogP contribution in [-0.4, -0.2) is 49.1 Å². The van der Waals surface area contributed by atoms with E-state index >= 15 is 0 Å². The molecule has 1 amide bonds. The molecule has 1 aromatic heterocycles. The minimum Gasteiger partial charge on any atom is -0.384 e. The fraction of sp³-hybridized carbons (Fsp3) is 0.280. The number of carbonyl (C=O) groups is 1. The van der Waals surface area contributed by atoms with Gasteiger partial charge < -0.3 is 24.5 Å². The van der Waals surface area contributed by atoms with Crippen LogP contribution in [0.2, 0.25) is 5.02 Å². The van der Waals surface area contributed by atoms with E-state index < -0.39 is 5.91 Å². The van der Waals surface area contributed by atoms with Crippen LogP contribution in [0.1, 0.15) is 21.5 Å². The van der Waals surface area contributed by atoms with Gasteiger partial charge in [0.15, 0.2) is 0 Å².